The second-order valence-corrected chi connectivity index (χ2v) is 7.92. The van der Waals surface area contributed by atoms with Crippen LogP contribution in [0.3, 0.4) is 0 Å². The standard InChI is InChI=1S/C25H22F2N4O3/c1-2-9-31-22-20(24(33)30-25(31)34)13-17(14-28-22)23(32)29-21(16-6-4-8-19(27)12-16)11-15-5-3-7-18(26)10-15/h3-8,10,12-14,21H,2,9,11H2,1H3,(H,29,32)(H,30,33,34). The number of rotatable bonds is 7. The third-order valence-electron chi connectivity index (χ3n) is 5.43. The number of benzene rings is 2. The van der Waals surface area contributed by atoms with Gasteiger partial charge in [-0.1, -0.05) is 31.2 Å². The predicted molar refractivity (Wildman–Crippen MR) is 124 cm³/mol. The lowest BCUT2D eigenvalue weighted by molar-refractivity contribution is 0.0936. The van der Waals surface area contributed by atoms with Crippen molar-refractivity contribution in [3.63, 3.8) is 0 Å². The topological polar surface area (TPSA) is 96.9 Å². The van der Waals surface area contributed by atoms with Crippen molar-refractivity contribution in [2.45, 2.75) is 32.4 Å². The van der Waals surface area contributed by atoms with Gasteiger partial charge in [-0.3, -0.25) is 19.1 Å². The Morgan fingerprint density at radius 1 is 1.09 bits per heavy atom. The fraction of sp³-hybridized carbons (Fsp3) is 0.200. The zero-order chi connectivity index (χ0) is 24.2. The molecule has 174 valence electrons. The highest BCUT2D eigenvalue weighted by molar-refractivity contribution is 5.97. The van der Waals surface area contributed by atoms with E-state index in [4.69, 9.17) is 0 Å². The summed E-state index contributed by atoms with van der Waals surface area (Å²) in [7, 11) is 0. The smallest absolute Gasteiger partial charge is 0.329 e. The van der Waals surface area contributed by atoms with Crippen molar-refractivity contribution in [1.29, 1.82) is 0 Å². The van der Waals surface area contributed by atoms with Crippen LogP contribution in [0.15, 0.2) is 70.4 Å². The Labute approximate surface area is 193 Å². The maximum atomic E-state index is 13.9. The first-order valence-corrected chi connectivity index (χ1v) is 10.8. The highest BCUT2D eigenvalue weighted by atomic mass is 19.1. The van der Waals surface area contributed by atoms with Crippen LogP contribution in [-0.2, 0) is 13.0 Å². The molecule has 0 fully saturated rings. The number of aromatic nitrogens is 3. The maximum absolute atomic E-state index is 13.9. The van der Waals surface area contributed by atoms with Crippen molar-refractivity contribution in [3.05, 3.63) is 110 Å². The second kappa shape index (κ2) is 9.78. The van der Waals surface area contributed by atoms with Crippen molar-refractivity contribution in [3.8, 4) is 0 Å². The third kappa shape index (κ3) is 4.93. The first kappa shape index (κ1) is 23.0. The van der Waals surface area contributed by atoms with E-state index in [1.54, 1.807) is 18.2 Å². The molecule has 1 atom stereocenters. The Bertz CT molecular complexity index is 1480. The van der Waals surface area contributed by atoms with E-state index in [1.165, 1.54) is 47.2 Å². The molecule has 0 spiro atoms. The van der Waals surface area contributed by atoms with Crippen molar-refractivity contribution < 1.29 is 13.6 Å². The summed E-state index contributed by atoms with van der Waals surface area (Å²) < 4.78 is 28.9. The molecule has 2 heterocycles. The number of hydrogen-bond donors (Lipinski definition) is 2. The summed E-state index contributed by atoms with van der Waals surface area (Å²) in [6, 6.07) is 12.4. The van der Waals surface area contributed by atoms with Crippen LogP contribution >= 0.6 is 0 Å². The molecule has 0 aliphatic rings. The van der Waals surface area contributed by atoms with Gasteiger partial charge in [-0.25, -0.2) is 18.6 Å². The fourth-order valence-electron chi connectivity index (χ4n) is 3.84. The average molecular weight is 464 g/mol. The molecule has 0 aliphatic carbocycles. The van der Waals surface area contributed by atoms with Gasteiger partial charge in [-0.2, -0.15) is 0 Å². The first-order chi connectivity index (χ1) is 16.4. The highest BCUT2D eigenvalue weighted by Gasteiger charge is 2.19. The summed E-state index contributed by atoms with van der Waals surface area (Å²) in [5.74, 6) is -1.44. The van der Waals surface area contributed by atoms with Gasteiger partial charge < -0.3 is 5.32 Å². The number of aromatic amines is 1. The Morgan fingerprint density at radius 3 is 2.53 bits per heavy atom. The lowest BCUT2D eigenvalue weighted by atomic mass is 9.98. The molecule has 0 saturated heterocycles. The minimum atomic E-state index is -0.673. The van der Waals surface area contributed by atoms with E-state index < -0.39 is 34.8 Å². The number of pyridine rings is 1. The molecule has 1 amide bonds. The number of aryl methyl sites for hydroxylation is 1. The van der Waals surface area contributed by atoms with E-state index in [0.29, 0.717) is 24.1 Å². The van der Waals surface area contributed by atoms with Gasteiger partial charge >= 0.3 is 5.69 Å². The van der Waals surface area contributed by atoms with Gasteiger partial charge in [0, 0.05) is 12.7 Å². The van der Waals surface area contributed by atoms with Crippen LogP contribution in [-0.4, -0.2) is 20.4 Å². The molecule has 0 aliphatic heterocycles. The first-order valence-electron chi connectivity index (χ1n) is 10.8. The van der Waals surface area contributed by atoms with Crippen molar-refractivity contribution in [1.82, 2.24) is 19.9 Å². The normalized spacial score (nSPS) is 12.0. The number of halogens is 2. The number of nitrogens with one attached hydrogen (secondary N) is 2. The number of carbonyl (C=O) groups excluding carboxylic acids is 1. The summed E-state index contributed by atoms with van der Waals surface area (Å²) in [6.07, 6.45) is 2.15. The SMILES string of the molecule is CCCn1c(=O)[nH]c(=O)c2cc(C(=O)NC(Cc3cccc(F)c3)c3cccc(F)c3)cnc21. The summed E-state index contributed by atoms with van der Waals surface area (Å²) in [5, 5.41) is 2.94. The van der Waals surface area contributed by atoms with Crippen LogP contribution in [0.1, 0.15) is 40.9 Å². The van der Waals surface area contributed by atoms with E-state index in [2.05, 4.69) is 15.3 Å². The fourth-order valence-corrected chi connectivity index (χ4v) is 3.84. The molecule has 4 aromatic rings. The number of H-pyrrole nitrogens is 1. The molecule has 7 nitrogen and oxygen atoms in total. The molecule has 0 radical (unpaired) electrons. The lowest BCUT2D eigenvalue weighted by Crippen LogP contribution is -2.32. The van der Waals surface area contributed by atoms with Gasteiger partial charge in [0.2, 0.25) is 0 Å². The molecule has 0 bridgehead atoms. The van der Waals surface area contributed by atoms with E-state index in [9.17, 15) is 23.2 Å². The lowest BCUT2D eigenvalue weighted by Gasteiger charge is -2.20. The van der Waals surface area contributed by atoms with Gasteiger partial charge in [0.05, 0.1) is 17.0 Å². The van der Waals surface area contributed by atoms with Crippen LogP contribution in [0.5, 0.6) is 0 Å². The molecule has 34 heavy (non-hydrogen) atoms. The molecule has 2 aromatic carbocycles. The molecule has 2 aromatic heterocycles. The van der Waals surface area contributed by atoms with Crippen molar-refractivity contribution >= 4 is 16.9 Å². The van der Waals surface area contributed by atoms with E-state index >= 15 is 0 Å². The van der Waals surface area contributed by atoms with Crippen molar-refractivity contribution in [2.24, 2.45) is 0 Å². The predicted octanol–water partition coefficient (Wildman–Crippen LogP) is 3.49. The minimum Gasteiger partial charge on any atom is -0.345 e. The number of hydrogen-bond acceptors (Lipinski definition) is 4. The molecule has 9 heteroatoms. The number of nitrogens with zero attached hydrogens (tertiary/aromatic N) is 2. The van der Waals surface area contributed by atoms with Gasteiger partial charge in [0.15, 0.2) is 0 Å². The van der Waals surface area contributed by atoms with Crippen molar-refractivity contribution in [2.75, 3.05) is 0 Å². The monoisotopic (exact) mass is 464 g/mol. The summed E-state index contributed by atoms with van der Waals surface area (Å²) in [6.45, 7) is 2.25. The molecule has 0 saturated carbocycles. The summed E-state index contributed by atoms with van der Waals surface area (Å²) >= 11 is 0. The van der Waals surface area contributed by atoms with E-state index in [0.717, 1.165) is 0 Å². The molecular weight excluding hydrogens is 442 g/mol. The highest BCUT2D eigenvalue weighted by Crippen LogP contribution is 2.21. The van der Waals surface area contributed by atoms with Crippen LogP contribution in [0.4, 0.5) is 8.78 Å². The van der Waals surface area contributed by atoms with E-state index in [-0.39, 0.29) is 23.0 Å². The van der Waals surface area contributed by atoms with Crippen LogP contribution < -0.4 is 16.6 Å². The minimum absolute atomic E-state index is 0.0975. The third-order valence-corrected chi connectivity index (χ3v) is 5.43. The zero-order valence-corrected chi connectivity index (χ0v) is 18.3. The number of amides is 1. The van der Waals surface area contributed by atoms with Gasteiger partial charge in [0.25, 0.3) is 11.5 Å². The number of fused-ring (bicyclic) bond motifs is 1. The van der Waals surface area contributed by atoms with Crippen LogP contribution in [0.2, 0.25) is 0 Å². The largest absolute Gasteiger partial charge is 0.345 e. The number of carbonyl (C=O) groups is 1. The van der Waals surface area contributed by atoms with Gasteiger partial charge in [0.1, 0.15) is 17.3 Å². The Morgan fingerprint density at radius 2 is 1.82 bits per heavy atom. The van der Waals surface area contributed by atoms with Gasteiger partial charge in [-0.15, -0.1) is 0 Å². The van der Waals surface area contributed by atoms with Crippen LogP contribution in [0.25, 0.3) is 11.0 Å². The average Bonchev–Trinajstić information content (AvgIpc) is 2.81. The Hall–Kier alpha value is -4.14. The maximum Gasteiger partial charge on any atom is 0.329 e. The van der Waals surface area contributed by atoms with E-state index in [1.807, 2.05) is 6.92 Å². The molecule has 4 rings (SSSR count). The van der Waals surface area contributed by atoms with Crippen LogP contribution in [0, 0.1) is 11.6 Å². The van der Waals surface area contributed by atoms with Gasteiger partial charge in [-0.05, 0) is 54.3 Å². The Kier molecular flexibility index (Phi) is 6.62. The zero-order valence-electron chi connectivity index (χ0n) is 18.3. The second-order valence-electron chi connectivity index (χ2n) is 7.92. The summed E-state index contributed by atoms with van der Waals surface area (Å²) in [4.78, 5) is 44.0. The Balaban J connectivity index is 1.69. The molecular formula is C25H22F2N4O3. The summed E-state index contributed by atoms with van der Waals surface area (Å²) in [5.41, 5.74) is 0.197. The molecule has 2 N–H and O–H groups in total. The molecule has 1 unspecified atom stereocenters. The quantitative estimate of drug-likeness (QED) is 0.438.